The van der Waals surface area contributed by atoms with Gasteiger partial charge in [0.1, 0.15) is 0 Å². The maximum Gasteiger partial charge on any atom is 0.315 e. The fraction of sp³-hybridized carbons (Fsp3) is 0.533. The predicted molar refractivity (Wildman–Crippen MR) is 79.9 cm³/mol. The molecule has 6 heteroatoms. The van der Waals surface area contributed by atoms with Crippen molar-refractivity contribution in [2.45, 2.75) is 39.7 Å². The molecular formula is C15H23N3O3. The highest BCUT2D eigenvalue weighted by atomic mass is 16.4. The van der Waals surface area contributed by atoms with E-state index in [2.05, 4.69) is 15.6 Å². The first-order valence-electron chi connectivity index (χ1n) is 7.13. The van der Waals surface area contributed by atoms with Gasteiger partial charge in [-0.3, -0.25) is 9.78 Å². The van der Waals surface area contributed by atoms with Crippen molar-refractivity contribution in [2.75, 3.05) is 6.54 Å². The van der Waals surface area contributed by atoms with E-state index >= 15 is 0 Å². The molecule has 1 aromatic rings. The second-order valence-electron chi connectivity index (χ2n) is 5.21. The summed E-state index contributed by atoms with van der Waals surface area (Å²) < 4.78 is 0. The standard InChI is InChI=1S/C15H23N3O3/c1-11(6-7-14(19)20)8-9-16-15(21)17-10-13-5-3-4-12(2)18-13/h3-5,11H,6-10H2,1-2H3,(H,19,20)(H2,16,17,21). The number of nitrogens with zero attached hydrogens (tertiary/aromatic N) is 1. The van der Waals surface area contributed by atoms with Gasteiger partial charge < -0.3 is 15.7 Å². The van der Waals surface area contributed by atoms with E-state index in [1.807, 2.05) is 32.0 Å². The maximum absolute atomic E-state index is 11.6. The molecule has 0 spiro atoms. The van der Waals surface area contributed by atoms with Gasteiger partial charge in [-0.1, -0.05) is 13.0 Å². The Balaban J connectivity index is 2.15. The number of hydrogen-bond donors (Lipinski definition) is 3. The van der Waals surface area contributed by atoms with Gasteiger partial charge in [-0.15, -0.1) is 0 Å². The summed E-state index contributed by atoms with van der Waals surface area (Å²) >= 11 is 0. The van der Waals surface area contributed by atoms with E-state index < -0.39 is 5.97 Å². The Kier molecular flexibility index (Phi) is 7.21. The number of pyridine rings is 1. The predicted octanol–water partition coefficient (Wildman–Crippen LogP) is 2.08. The van der Waals surface area contributed by atoms with Crippen LogP contribution in [0.2, 0.25) is 0 Å². The first-order valence-corrected chi connectivity index (χ1v) is 7.13. The number of hydrogen-bond acceptors (Lipinski definition) is 3. The molecule has 6 nitrogen and oxygen atoms in total. The van der Waals surface area contributed by atoms with Crippen molar-refractivity contribution in [3.05, 3.63) is 29.6 Å². The Hall–Kier alpha value is -2.11. The van der Waals surface area contributed by atoms with Crippen LogP contribution in [0.4, 0.5) is 4.79 Å². The number of carboxylic acid groups (broad SMARTS) is 1. The number of rotatable bonds is 8. The van der Waals surface area contributed by atoms with Gasteiger partial charge >= 0.3 is 12.0 Å². The molecule has 0 aliphatic carbocycles. The summed E-state index contributed by atoms with van der Waals surface area (Å²) in [5.41, 5.74) is 1.74. The summed E-state index contributed by atoms with van der Waals surface area (Å²) in [5.74, 6) is -0.502. The monoisotopic (exact) mass is 293 g/mol. The summed E-state index contributed by atoms with van der Waals surface area (Å²) in [5, 5.41) is 14.1. The fourth-order valence-electron chi connectivity index (χ4n) is 1.88. The number of carbonyl (C=O) groups excluding carboxylic acids is 1. The third-order valence-electron chi connectivity index (χ3n) is 3.15. The number of aromatic nitrogens is 1. The van der Waals surface area contributed by atoms with Gasteiger partial charge in [-0.05, 0) is 37.8 Å². The van der Waals surface area contributed by atoms with Crippen LogP contribution in [0.25, 0.3) is 0 Å². The van der Waals surface area contributed by atoms with Crippen LogP contribution < -0.4 is 10.6 Å². The van der Waals surface area contributed by atoms with E-state index in [9.17, 15) is 9.59 Å². The number of carbonyl (C=O) groups is 2. The third-order valence-corrected chi connectivity index (χ3v) is 3.15. The minimum atomic E-state index is -0.779. The normalized spacial score (nSPS) is 11.7. The van der Waals surface area contributed by atoms with Gasteiger partial charge in [0, 0.05) is 18.7 Å². The molecule has 0 bridgehead atoms. The maximum atomic E-state index is 11.6. The van der Waals surface area contributed by atoms with E-state index in [0.29, 0.717) is 19.5 Å². The summed E-state index contributed by atoms with van der Waals surface area (Å²) in [6, 6.07) is 5.44. The largest absolute Gasteiger partial charge is 0.481 e. The molecule has 1 unspecified atom stereocenters. The molecule has 0 aliphatic heterocycles. The number of aliphatic carboxylic acids is 1. The van der Waals surface area contributed by atoms with Crippen LogP contribution in [0, 0.1) is 12.8 Å². The molecule has 0 aliphatic rings. The van der Waals surface area contributed by atoms with Crippen molar-refractivity contribution in [3.63, 3.8) is 0 Å². The number of nitrogens with one attached hydrogen (secondary N) is 2. The lowest BCUT2D eigenvalue weighted by Crippen LogP contribution is -2.36. The Bertz CT molecular complexity index is 477. The van der Waals surface area contributed by atoms with Gasteiger partial charge in [0.25, 0.3) is 0 Å². The molecule has 3 N–H and O–H groups in total. The number of amides is 2. The van der Waals surface area contributed by atoms with E-state index in [1.54, 1.807) is 0 Å². The lowest BCUT2D eigenvalue weighted by atomic mass is 10.0. The minimum absolute atomic E-state index is 0.173. The van der Waals surface area contributed by atoms with Crippen LogP contribution >= 0.6 is 0 Å². The Labute approximate surface area is 125 Å². The Morgan fingerprint density at radius 1 is 1.29 bits per heavy atom. The molecule has 1 heterocycles. The Morgan fingerprint density at radius 2 is 2.05 bits per heavy atom. The molecule has 0 saturated heterocycles. The molecule has 0 radical (unpaired) electrons. The second-order valence-corrected chi connectivity index (χ2v) is 5.21. The smallest absolute Gasteiger partial charge is 0.315 e. The molecule has 116 valence electrons. The summed E-state index contributed by atoms with van der Waals surface area (Å²) in [7, 11) is 0. The van der Waals surface area contributed by atoms with Crippen LogP contribution in [0.5, 0.6) is 0 Å². The minimum Gasteiger partial charge on any atom is -0.481 e. The van der Waals surface area contributed by atoms with Gasteiger partial charge in [0.05, 0.1) is 12.2 Å². The lowest BCUT2D eigenvalue weighted by molar-refractivity contribution is -0.137. The van der Waals surface area contributed by atoms with E-state index in [-0.39, 0.29) is 18.4 Å². The highest BCUT2D eigenvalue weighted by Gasteiger charge is 2.06. The van der Waals surface area contributed by atoms with Crippen molar-refractivity contribution in [1.82, 2.24) is 15.6 Å². The first kappa shape index (κ1) is 16.9. The summed E-state index contributed by atoms with van der Waals surface area (Å²) in [6.45, 7) is 4.82. The average Bonchev–Trinajstić information content (AvgIpc) is 2.43. The van der Waals surface area contributed by atoms with Crippen molar-refractivity contribution in [3.8, 4) is 0 Å². The second kappa shape index (κ2) is 8.94. The van der Waals surface area contributed by atoms with Crippen LogP contribution in [-0.2, 0) is 11.3 Å². The van der Waals surface area contributed by atoms with Crippen molar-refractivity contribution in [1.29, 1.82) is 0 Å². The summed E-state index contributed by atoms with van der Waals surface area (Å²) in [4.78, 5) is 26.3. The van der Waals surface area contributed by atoms with E-state index in [0.717, 1.165) is 17.8 Å². The lowest BCUT2D eigenvalue weighted by Gasteiger charge is -2.11. The fourth-order valence-corrected chi connectivity index (χ4v) is 1.88. The first-order chi connectivity index (χ1) is 9.97. The highest BCUT2D eigenvalue weighted by molar-refractivity contribution is 5.73. The SMILES string of the molecule is Cc1cccc(CNC(=O)NCCC(C)CCC(=O)O)n1. The van der Waals surface area contributed by atoms with E-state index in [4.69, 9.17) is 5.11 Å². The van der Waals surface area contributed by atoms with Gasteiger partial charge in [-0.2, -0.15) is 0 Å². The molecular weight excluding hydrogens is 270 g/mol. The number of urea groups is 1. The highest BCUT2D eigenvalue weighted by Crippen LogP contribution is 2.08. The van der Waals surface area contributed by atoms with E-state index in [1.165, 1.54) is 0 Å². The van der Waals surface area contributed by atoms with Crippen LogP contribution in [-0.4, -0.2) is 28.6 Å². The zero-order valence-corrected chi connectivity index (χ0v) is 12.6. The molecule has 1 atom stereocenters. The van der Waals surface area contributed by atoms with Crippen molar-refractivity contribution >= 4 is 12.0 Å². The molecule has 21 heavy (non-hydrogen) atoms. The Morgan fingerprint density at radius 3 is 2.71 bits per heavy atom. The third kappa shape index (κ3) is 7.91. The van der Waals surface area contributed by atoms with Gasteiger partial charge in [0.15, 0.2) is 0 Å². The number of carboxylic acids is 1. The molecule has 2 amide bonds. The number of aryl methyl sites for hydroxylation is 1. The van der Waals surface area contributed by atoms with Crippen LogP contribution in [0.1, 0.15) is 37.6 Å². The van der Waals surface area contributed by atoms with Crippen LogP contribution in [0.3, 0.4) is 0 Å². The summed E-state index contributed by atoms with van der Waals surface area (Å²) in [6.07, 6.45) is 1.57. The molecule has 1 aromatic heterocycles. The molecule has 0 fully saturated rings. The average molecular weight is 293 g/mol. The van der Waals surface area contributed by atoms with Crippen molar-refractivity contribution < 1.29 is 14.7 Å². The molecule has 0 saturated carbocycles. The molecule has 1 rings (SSSR count). The zero-order chi connectivity index (χ0) is 15.7. The van der Waals surface area contributed by atoms with Crippen molar-refractivity contribution in [2.24, 2.45) is 5.92 Å². The van der Waals surface area contributed by atoms with Gasteiger partial charge in [0.2, 0.25) is 0 Å². The van der Waals surface area contributed by atoms with Crippen LogP contribution in [0.15, 0.2) is 18.2 Å². The topological polar surface area (TPSA) is 91.3 Å². The molecule has 0 aromatic carbocycles. The van der Waals surface area contributed by atoms with Gasteiger partial charge in [-0.25, -0.2) is 4.79 Å². The zero-order valence-electron chi connectivity index (χ0n) is 12.6. The quantitative estimate of drug-likeness (QED) is 0.684.